The number of Topliss-reactive ketones (excluding diaryl/α,β-unsaturated/α-hetero) is 1. The fraction of sp³-hybridized carbons (Fsp3) is 0.292. The summed E-state index contributed by atoms with van der Waals surface area (Å²) >= 11 is 6.05. The van der Waals surface area contributed by atoms with Gasteiger partial charge < -0.3 is 15.4 Å². The predicted molar refractivity (Wildman–Crippen MR) is 121 cm³/mol. The number of aromatic amines is 1. The second-order valence-corrected chi connectivity index (χ2v) is 8.00. The molecule has 0 aliphatic carbocycles. The highest BCUT2D eigenvalue weighted by Gasteiger charge is 2.22. The second kappa shape index (κ2) is 10.3. The van der Waals surface area contributed by atoms with Crippen molar-refractivity contribution in [2.24, 2.45) is 5.92 Å². The lowest BCUT2D eigenvalue weighted by Gasteiger charge is -2.15. The molecule has 0 saturated heterocycles. The van der Waals surface area contributed by atoms with Gasteiger partial charge in [0.05, 0.1) is 12.1 Å². The highest BCUT2D eigenvalue weighted by molar-refractivity contribution is 6.31. The van der Waals surface area contributed by atoms with E-state index in [1.54, 1.807) is 18.2 Å². The smallest absolute Gasteiger partial charge is 0.305 e. The first-order valence-electron chi connectivity index (χ1n) is 10.3. The lowest BCUT2D eigenvalue weighted by atomic mass is 9.89. The van der Waals surface area contributed by atoms with Gasteiger partial charge in [-0.05, 0) is 54.8 Å². The average Bonchev–Trinajstić information content (AvgIpc) is 3.16. The molecule has 3 rings (SSSR count). The monoisotopic (exact) mass is 440 g/mol. The third kappa shape index (κ3) is 5.95. The molecule has 0 radical (unpaired) electrons. The zero-order chi connectivity index (χ0) is 22.4. The maximum atomic E-state index is 13.2. The zero-order valence-electron chi connectivity index (χ0n) is 17.3. The molecule has 0 aliphatic rings. The summed E-state index contributed by atoms with van der Waals surface area (Å²) in [5.74, 6) is -1.39. The van der Waals surface area contributed by atoms with Crippen molar-refractivity contribution in [2.45, 2.75) is 32.6 Å². The first-order chi connectivity index (χ1) is 14.9. The van der Waals surface area contributed by atoms with E-state index >= 15 is 0 Å². The number of amides is 1. The van der Waals surface area contributed by atoms with E-state index in [1.807, 2.05) is 30.3 Å². The summed E-state index contributed by atoms with van der Waals surface area (Å²) in [5, 5.41) is 12.8. The number of carboxylic acids is 1. The van der Waals surface area contributed by atoms with Gasteiger partial charge in [0.2, 0.25) is 0 Å². The number of hydrogen-bond donors (Lipinski definition) is 3. The van der Waals surface area contributed by atoms with Crippen LogP contribution in [0.2, 0.25) is 5.02 Å². The molecule has 3 aromatic rings. The Morgan fingerprint density at radius 2 is 1.84 bits per heavy atom. The van der Waals surface area contributed by atoms with E-state index in [0.717, 1.165) is 29.3 Å². The largest absolute Gasteiger partial charge is 0.481 e. The van der Waals surface area contributed by atoms with Crippen molar-refractivity contribution < 1.29 is 19.5 Å². The van der Waals surface area contributed by atoms with Crippen molar-refractivity contribution in [3.8, 4) is 0 Å². The Kier molecular flexibility index (Phi) is 7.47. The van der Waals surface area contributed by atoms with Gasteiger partial charge >= 0.3 is 5.97 Å². The number of aromatic nitrogens is 1. The highest BCUT2D eigenvalue weighted by Crippen LogP contribution is 2.24. The van der Waals surface area contributed by atoms with Crippen molar-refractivity contribution >= 4 is 40.2 Å². The van der Waals surface area contributed by atoms with Crippen LogP contribution in [0.25, 0.3) is 10.9 Å². The van der Waals surface area contributed by atoms with E-state index < -0.39 is 5.97 Å². The summed E-state index contributed by atoms with van der Waals surface area (Å²) in [6, 6.07) is 14.4. The minimum absolute atomic E-state index is 0.0599. The lowest BCUT2D eigenvalue weighted by Crippen LogP contribution is -2.26. The van der Waals surface area contributed by atoms with Gasteiger partial charge in [0.1, 0.15) is 0 Å². The Bertz CT molecular complexity index is 1090. The first-order valence-corrected chi connectivity index (χ1v) is 10.7. The fourth-order valence-electron chi connectivity index (χ4n) is 3.59. The van der Waals surface area contributed by atoms with Gasteiger partial charge in [0, 0.05) is 34.0 Å². The molecule has 0 saturated carbocycles. The zero-order valence-corrected chi connectivity index (χ0v) is 18.0. The molecule has 6 nitrogen and oxygen atoms in total. The molecule has 1 aromatic heterocycles. The van der Waals surface area contributed by atoms with E-state index in [0.29, 0.717) is 22.7 Å². The van der Waals surface area contributed by atoms with Crippen LogP contribution in [0.5, 0.6) is 0 Å². The topological polar surface area (TPSA) is 99.3 Å². The van der Waals surface area contributed by atoms with Gasteiger partial charge in [0.25, 0.3) is 5.91 Å². The molecule has 1 amide bonds. The Hall–Kier alpha value is -3.12. The van der Waals surface area contributed by atoms with Crippen LogP contribution in [0, 0.1) is 5.92 Å². The molecule has 1 heterocycles. The van der Waals surface area contributed by atoms with E-state index in [1.165, 1.54) is 0 Å². The Balaban J connectivity index is 1.69. The Morgan fingerprint density at radius 3 is 2.52 bits per heavy atom. The molecule has 7 heteroatoms. The van der Waals surface area contributed by atoms with Crippen molar-refractivity contribution in [1.82, 2.24) is 10.3 Å². The molecular weight excluding hydrogens is 416 g/mol. The molecular formula is C24H25ClN2O4. The third-order valence-corrected chi connectivity index (χ3v) is 5.41. The summed E-state index contributed by atoms with van der Waals surface area (Å²) in [5.41, 5.74) is 2.87. The standard InChI is InChI=1S/C24H25ClN2O4/c1-2-3-17(23(30)21-14-18-13-19(25)8-9-20(18)27-21)12-15-4-6-16(7-5-15)24(31)26-11-10-22(28)29/h4-9,13-14,17,27H,2-3,10-12H2,1H3,(H,26,31)(H,28,29). The molecule has 0 bridgehead atoms. The first kappa shape index (κ1) is 22.6. The van der Waals surface area contributed by atoms with E-state index in [4.69, 9.17) is 16.7 Å². The highest BCUT2D eigenvalue weighted by atomic mass is 35.5. The molecule has 1 atom stereocenters. The minimum atomic E-state index is -0.958. The van der Waals surface area contributed by atoms with Crippen LogP contribution in [0.3, 0.4) is 0 Å². The maximum absolute atomic E-state index is 13.2. The summed E-state index contributed by atoms with van der Waals surface area (Å²) < 4.78 is 0. The summed E-state index contributed by atoms with van der Waals surface area (Å²) in [6.07, 6.45) is 2.09. The predicted octanol–water partition coefficient (Wildman–Crippen LogP) is 4.87. The second-order valence-electron chi connectivity index (χ2n) is 7.57. The minimum Gasteiger partial charge on any atom is -0.481 e. The van der Waals surface area contributed by atoms with Crippen molar-refractivity contribution in [3.05, 3.63) is 70.4 Å². The molecule has 2 aromatic carbocycles. The average molecular weight is 441 g/mol. The van der Waals surface area contributed by atoms with Crippen molar-refractivity contribution in [3.63, 3.8) is 0 Å². The molecule has 0 aliphatic heterocycles. The number of H-pyrrole nitrogens is 1. The van der Waals surface area contributed by atoms with E-state index in [2.05, 4.69) is 17.2 Å². The van der Waals surface area contributed by atoms with Gasteiger partial charge in [-0.2, -0.15) is 0 Å². The number of carboxylic acid groups (broad SMARTS) is 1. The number of hydrogen-bond acceptors (Lipinski definition) is 3. The molecule has 162 valence electrons. The number of fused-ring (bicyclic) bond motifs is 1. The summed E-state index contributed by atoms with van der Waals surface area (Å²) in [6.45, 7) is 2.13. The van der Waals surface area contributed by atoms with Crippen LogP contribution >= 0.6 is 11.6 Å². The fourth-order valence-corrected chi connectivity index (χ4v) is 3.77. The normalized spacial score (nSPS) is 11.9. The quantitative estimate of drug-likeness (QED) is 0.392. The number of carbonyl (C=O) groups excluding carboxylic acids is 2. The third-order valence-electron chi connectivity index (χ3n) is 5.18. The Morgan fingerprint density at radius 1 is 1.10 bits per heavy atom. The Labute approximate surface area is 185 Å². The number of rotatable bonds is 10. The lowest BCUT2D eigenvalue weighted by molar-refractivity contribution is -0.136. The summed E-state index contributed by atoms with van der Waals surface area (Å²) in [4.78, 5) is 39.0. The van der Waals surface area contributed by atoms with Gasteiger partial charge in [-0.15, -0.1) is 0 Å². The summed E-state index contributed by atoms with van der Waals surface area (Å²) in [7, 11) is 0. The van der Waals surface area contributed by atoms with Crippen LogP contribution in [-0.4, -0.2) is 34.3 Å². The van der Waals surface area contributed by atoms with Gasteiger partial charge in [-0.1, -0.05) is 37.1 Å². The molecule has 0 fully saturated rings. The van der Waals surface area contributed by atoms with Gasteiger partial charge in [0.15, 0.2) is 5.78 Å². The van der Waals surface area contributed by atoms with Crippen molar-refractivity contribution in [2.75, 3.05) is 6.54 Å². The van der Waals surface area contributed by atoms with Crippen LogP contribution < -0.4 is 5.32 Å². The van der Waals surface area contributed by atoms with Crippen LogP contribution in [0.4, 0.5) is 0 Å². The number of halogens is 1. The SMILES string of the molecule is CCCC(Cc1ccc(C(=O)NCCC(=O)O)cc1)C(=O)c1cc2cc(Cl)ccc2[nH]1. The van der Waals surface area contributed by atoms with E-state index in [9.17, 15) is 14.4 Å². The molecule has 0 spiro atoms. The van der Waals surface area contributed by atoms with Crippen molar-refractivity contribution in [1.29, 1.82) is 0 Å². The molecule has 3 N–H and O–H groups in total. The van der Waals surface area contributed by atoms with Crippen LogP contribution in [-0.2, 0) is 11.2 Å². The number of carbonyl (C=O) groups is 3. The maximum Gasteiger partial charge on any atom is 0.305 e. The van der Waals surface area contributed by atoms with Crippen LogP contribution in [0.1, 0.15) is 52.6 Å². The van der Waals surface area contributed by atoms with Gasteiger partial charge in [-0.25, -0.2) is 0 Å². The number of ketones is 1. The van der Waals surface area contributed by atoms with Crippen LogP contribution in [0.15, 0.2) is 48.5 Å². The molecule has 31 heavy (non-hydrogen) atoms. The molecule has 1 unspecified atom stereocenters. The number of aliphatic carboxylic acids is 1. The number of nitrogens with one attached hydrogen (secondary N) is 2. The van der Waals surface area contributed by atoms with E-state index in [-0.39, 0.29) is 30.6 Å². The van der Waals surface area contributed by atoms with Gasteiger partial charge in [-0.3, -0.25) is 14.4 Å². The number of benzene rings is 2.